The first-order valence-electron chi connectivity index (χ1n) is 13.7. The molecule has 6 nitrogen and oxygen atoms in total. The highest BCUT2D eigenvalue weighted by Crippen LogP contribution is 2.70. The van der Waals surface area contributed by atoms with Crippen molar-refractivity contribution < 1.29 is 29.3 Å². The zero-order chi connectivity index (χ0) is 26.3. The van der Waals surface area contributed by atoms with Crippen molar-refractivity contribution in [3.63, 3.8) is 0 Å². The molecule has 0 saturated heterocycles. The van der Waals surface area contributed by atoms with Crippen LogP contribution in [0, 0.1) is 28.6 Å². The molecule has 2 unspecified atom stereocenters. The first kappa shape index (κ1) is 25.7. The summed E-state index contributed by atoms with van der Waals surface area (Å²) < 4.78 is 6.49. The summed E-state index contributed by atoms with van der Waals surface area (Å²) in [6.07, 6.45) is 5.07. The molecule has 6 heteroatoms. The molecule has 5 rings (SSSR count). The van der Waals surface area contributed by atoms with Crippen molar-refractivity contribution in [2.75, 3.05) is 0 Å². The maximum absolute atomic E-state index is 12.5. The van der Waals surface area contributed by atoms with E-state index in [1.54, 1.807) is 0 Å². The molecule has 1 aromatic rings. The second kappa shape index (κ2) is 8.29. The molecule has 198 valence electrons. The number of furan rings is 1. The molecular formula is C30H42O6. The molecule has 8 atom stereocenters. The Morgan fingerprint density at radius 1 is 1.19 bits per heavy atom. The second-order valence-corrected chi connectivity index (χ2v) is 13.7. The van der Waals surface area contributed by atoms with Crippen molar-refractivity contribution in [1.82, 2.24) is 0 Å². The fourth-order valence-electron chi connectivity index (χ4n) is 8.74. The van der Waals surface area contributed by atoms with Gasteiger partial charge in [0.2, 0.25) is 0 Å². The van der Waals surface area contributed by atoms with Crippen LogP contribution in [0.15, 0.2) is 28.2 Å². The molecule has 3 saturated carbocycles. The molecule has 3 fully saturated rings. The molecule has 36 heavy (non-hydrogen) atoms. The van der Waals surface area contributed by atoms with E-state index < -0.39 is 23.1 Å². The Kier molecular flexibility index (Phi) is 5.92. The minimum atomic E-state index is -1.12. The number of ketones is 1. The molecule has 4 aliphatic rings. The predicted octanol–water partition coefficient (Wildman–Crippen LogP) is 5.37. The maximum atomic E-state index is 12.5. The molecule has 1 aromatic heterocycles. The van der Waals surface area contributed by atoms with Crippen molar-refractivity contribution in [3.8, 4) is 0 Å². The molecule has 0 amide bonds. The van der Waals surface area contributed by atoms with Crippen LogP contribution in [0.5, 0.6) is 0 Å². The van der Waals surface area contributed by atoms with Gasteiger partial charge in [0.1, 0.15) is 11.5 Å². The van der Waals surface area contributed by atoms with Crippen molar-refractivity contribution in [3.05, 3.63) is 35.3 Å². The van der Waals surface area contributed by atoms with Crippen LogP contribution in [0.2, 0.25) is 0 Å². The summed E-state index contributed by atoms with van der Waals surface area (Å²) in [5, 5.41) is 33.0. The Bertz CT molecular complexity index is 1090. The lowest BCUT2D eigenvalue weighted by Gasteiger charge is -2.62. The number of hydrogen-bond donors (Lipinski definition) is 3. The van der Waals surface area contributed by atoms with E-state index in [1.165, 1.54) is 0 Å². The first-order chi connectivity index (χ1) is 16.7. The van der Waals surface area contributed by atoms with Gasteiger partial charge >= 0.3 is 5.97 Å². The molecule has 0 aromatic carbocycles. The van der Waals surface area contributed by atoms with Crippen LogP contribution in [0.25, 0.3) is 0 Å². The summed E-state index contributed by atoms with van der Waals surface area (Å²) in [4.78, 5) is 23.9. The fourth-order valence-corrected chi connectivity index (χ4v) is 8.74. The summed E-state index contributed by atoms with van der Waals surface area (Å²) in [5.74, 6) is 1.23. The normalized spacial score (nSPS) is 42.4. The zero-order valence-electron chi connectivity index (χ0n) is 22.3. The van der Waals surface area contributed by atoms with Gasteiger partial charge in [-0.25, -0.2) is 0 Å². The maximum Gasteiger partial charge on any atom is 0.303 e. The van der Waals surface area contributed by atoms with E-state index in [-0.39, 0.29) is 53.1 Å². The van der Waals surface area contributed by atoms with Crippen LogP contribution in [-0.2, 0) is 15.0 Å². The number of aliphatic hydroxyl groups excluding tert-OH is 1. The number of carbonyl (C=O) groups excluding carboxylic acids is 1. The monoisotopic (exact) mass is 498 g/mol. The van der Waals surface area contributed by atoms with Crippen LogP contribution < -0.4 is 0 Å². The van der Waals surface area contributed by atoms with Gasteiger partial charge in [-0.15, -0.1) is 0 Å². The van der Waals surface area contributed by atoms with Gasteiger partial charge in [-0.05, 0) is 79.9 Å². The summed E-state index contributed by atoms with van der Waals surface area (Å²) >= 11 is 0. The number of aliphatic hydroxyl groups is 2. The van der Waals surface area contributed by atoms with Gasteiger partial charge in [-0.1, -0.05) is 40.2 Å². The number of carbonyl (C=O) groups is 2. The van der Waals surface area contributed by atoms with Gasteiger partial charge in [0.05, 0.1) is 11.7 Å². The van der Waals surface area contributed by atoms with Gasteiger partial charge in [0.25, 0.3) is 0 Å². The molecule has 3 N–H and O–H groups in total. The second-order valence-electron chi connectivity index (χ2n) is 13.7. The fraction of sp³-hybridized carbons (Fsp3) is 0.733. The lowest BCUT2D eigenvalue weighted by Crippen LogP contribution is -2.61. The number of aliphatic carboxylic acids is 1. The smallest absolute Gasteiger partial charge is 0.303 e. The SMILES string of the molecule is CC(C)(C)c1ccc(C2CC3=CC(=O)CC[C@]3(C)[C@H]3C(O)C[C@@]4(C)[C@@H](CC[C@]4(O)CCC(=O)O)[C@H]23)o1. The van der Waals surface area contributed by atoms with Crippen LogP contribution in [-0.4, -0.2) is 38.8 Å². The largest absolute Gasteiger partial charge is 0.481 e. The molecule has 0 spiro atoms. The van der Waals surface area contributed by atoms with E-state index in [0.29, 0.717) is 25.7 Å². The molecule has 4 aliphatic carbocycles. The third kappa shape index (κ3) is 3.74. The quantitative estimate of drug-likeness (QED) is 0.515. The van der Waals surface area contributed by atoms with Crippen molar-refractivity contribution >= 4 is 11.8 Å². The minimum Gasteiger partial charge on any atom is -0.481 e. The van der Waals surface area contributed by atoms with Crippen LogP contribution in [0.3, 0.4) is 0 Å². The van der Waals surface area contributed by atoms with E-state index >= 15 is 0 Å². The van der Waals surface area contributed by atoms with E-state index in [2.05, 4.69) is 46.8 Å². The predicted molar refractivity (Wildman–Crippen MR) is 135 cm³/mol. The standard InChI is InChI=1S/C30H42O6/c1-27(2,3)23-7-6-22(36-23)19-15-17-14-18(31)8-11-28(17,4)26-21(32)16-29(5)20(25(19)26)9-12-30(29,35)13-10-24(33)34/h6-7,14,19-21,25-26,32,35H,8-13,15-16H2,1-5H3,(H,33,34)/t19?,20-,21?,25-,26-,28-,29-,30-/m0/s1. The number of allylic oxidation sites excluding steroid dienone is 1. The Hall–Kier alpha value is -1.92. The van der Waals surface area contributed by atoms with Crippen molar-refractivity contribution in [1.29, 1.82) is 0 Å². The van der Waals surface area contributed by atoms with E-state index in [4.69, 9.17) is 4.42 Å². The number of hydrogen-bond acceptors (Lipinski definition) is 5. The highest BCUT2D eigenvalue weighted by atomic mass is 16.4. The van der Waals surface area contributed by atoms with Crippen LogP contribution in [0.4, 0.5) is 0 Å². The summed E-state index contributed by atoms with van der Waals surface area (Å²) in [6.45, 7) is 10.7. The molecule has 0 aliphatic heterocycles. The molecule has 1 heterocycles. The Morgan fingerprint density at radius 2 is 1.92 bits per heavy atom. The van der Waals surface area contributed by atoms with Gasteiger partial charge < -0.3 is 19.7 Å². The summed E-state index contributed by atoms with van der Waals surface area (Å²) in [7, 11) is 0. The Morgan fingerprint density at radius 3 is 2.56 bits per heavy atom. The number of rotatable bonds is 4. The van der Waals surface area contributed by atoms with Crippen molar-refractivity contribution in [2.24, 2.45) is 28.6 Å². The minimum absolute atomic E-state index is 0.00239. The topological polar surface area (TPSA) is 108 Å². The van der Waals surface area contributed by atoms with E-state index in [0.717, 1.165) is 29.9 Å². The average molecular weight is 499 g/mol. The summed E-state index contributed by atoms with van der Waals surface area (Å²) in [6, 6.07) is 4.12. The van der Waals surface area contributed by atoms with Gasteiger partial charge in [-0.3, -0.25) is 9.59 Å². The third-order valence-electron chi connectivity index (χ3n) is 10.8. The number of fused-ring (bicyclic) bond motifs is 5. The van der Waals surface area contributed by atoms with Crippen LogP contribution in [0.1, 0.15) is 103 Å². The van der Waals surface area contributed by atoms with Gasteiger partial charge in [0, 0.05) is 29.6 Å². The Labute approximate surface area is 214 Å². The van der Waals surface area contributed by atoms with Gasteiger partial charge in [-0.2, -0.15) is 0 Å². The third-order valence-corrected chi connectivity index (χ3v) is 10.8. The van der Waals surface area contributed by atoms with Crippen LogP contribution >= 0.6 is 0 Å². The first-order valence-corrected chi connectivity index (χ1v) is 13.7. The average Bonchev–Trinajstić information content (AvgIpc) is 3.36. The zero-order valence-corrected chi connectivity index (χ0v) is 22.3. The molecular weight excluding hydrogens is 456 g/mol. The lowest BCUT2D eigenvalue weighted by atomic mass is 9.43. The molecule has 0 bridgehead atoms. The van der Waals surface area contributed by atoms with Crippen molar-refractivity contribution in [2.45, 2.75) is 109 Å². The number of carboxylic acids is 1. The lowest BCUT2D eigenvalue weighted by molar-refractivity contribution is -0.180. The van der Waals surface area contributed by atoms with Gasteiger partial charge in [0.15, 0.2) is 5.78 Å². The summed E-state index contributed by atoms with van der Waals surface area (Å²) in [5.41, 5.74) is -0.974. The van der Waals surface area contributed by atoms with E-state index in [9.17, 15) is 24.9 Å². The molecule has 0 radical (unpaired) electrons. The highest BCUT2D eigenvalue weighted by Gasteiger charge is 2.68. The van der Waals surface area contributed by atoms with E-state index in [1.807, 2.05) is 6.08 Å². The Balaban J connectivity index is 1.62. The highest BCUT2D eigenvalue weighted by molar-refractivity contribution is 5.91. The number of carboxylic acid groups (broad SMARTS) is 1.